The van der Waals surface area contributed by atoms with E-state index in [4.69, 9.17) is 0 Å². The largest absolute Gasteiger partial charge is 0.348 e. The second kappa shape index (κ2) is 9.58. The highest BCUT2D eigenvalue weighted by atomic mass is 16.2. The Morgan fingerprint density at radius 1 is 1.08 bits per heavy atom. The Morgan fingerprint density at radius 2 is 1.76 bits per heavy atom. The number of nitrogens with zero attached hydrogens (tertiary/aromatic N) is 3. The van der Waals surface area contributed by atoms with Crippen molar-refractivity contribution >= 4 is 11.8 Å². The number of likely N-dealkylation sites (N-methyl/N-ethyl adjacent to an activating group) is 1. The molecule has 1 aromatic carbocycles. The van der Waals surface area contributed by atoms with Crippen molar-refractivity contribution in [3.63, 3.8) is 0 Å². The second-order valence-electron chi connectivity index (χ2n) is 5.98. The maximum atomic E-state index is 11.7. The number of aryl methyl sites for hydroxylation is 1. The highest BCUT2D eigenvalue weighted by Crippen LogP contribution is 2.16. The highest BCUT2D eigenvalue weighted by molar-refractivity contribution is 6.35. The fraction of sp³-hybridized carbons (Fsp3) is 0.389. The van der Waals surface area contributed by atoms with Crippen molar-refractivity contribution in [2.24, 2.45) is 0 Å². The molecule has 0 saturated heterocycles. The maximum absolute atomic E-state index is 11.7. The number of aromatic nitrogens is 2. The molecule has 134 valence electrons. The van der Waals surface area contributed by atoms with Crippen molar-refractivity contribution < 1.29 is 9.59 Å². The van der Waals surface area contributed by atoms with Crippen LogP contribution in [0.4, 0.5) is 0 Å². The average molecular weight is 343 g/mol. The van der Waals surface area contributed by atoms with E-state index in [1.807, 2.05) is 60.1 Å². The van der Waals surface area contributed by atoms with Crippen molar-refractivity contribution in [1.82, 2.24) is 25.1 Å². The monoisotopic (exact) mass is 343 g/mol. The molecule has 0 radical (unpaired) electrons. The number of nitrogens with one attached hydrogen (secondary N) is 2. The Bertz CT molecular complexity index is 682. The van der Waals surface area contributed by atoms with Crippen molar-refractivity contribution in [3.8, 4) is 11.4 Å². The zero-order valence-corrected chi connectivity index (χ0v) is 14.7. The van der Waals surface area contributed by atoms with Crippen LogP contribution >= 0.6 is 0 Å². The Hall–Kier alpha value is -2.67. The van der Waals surface area contributed by atoms with E-state index in [2.05, 4.69) is 15.6 Å². The summed E-state index contributed by atoms with van der Waals surface area (Å²) in [5, 5.41) is 5.23. The van der Waals surface area contributed by atoms with E-state index in [1.165, 1.54) is 0 Å². The number of hydrogen-bond donors (Lipinski definition) is 2. The summed E-state index contributed by atoms with van der Waals surface area (Å²) in [7, 11) is 3.82. The zero-order chi connectivity index (χ0) is 18.1. The Morgan fingerprint density at radius 3 is 2.44 bits per heavy atom. The molecule has 0 aliphatic rings. The number of carbonyl (C=O) groups excluding carboxylic acids is 2. The number of hydrogen-bond acceptors (Lipinski definition) is 4. The van der Waals surface area contributed by atoms with Crippen LogP contribution in [0.1, 0.15) is 6.42 Å². The van der Waals surface area contributed by atoms with E-state index in [9.17, 15) is 9.59 Å². The van der Waals surface area contributed by atoms with Gasteiger partial charge in [0.2, 0.25) is 0 Å². The van der Waals surface area contributed by atoms with E-state index in [-0.39, 0.29) is 0 Å². The SMILES string of the molecule is CN(C)CCNC(=O)C(=O)NCCCn1ccnc1-c1ccccc1. The number of imidazole rings is 1. The van der Waals surface area contributed by atoms with Crippen molar-refractivity contribution in [3.05, 3.63) is 42.7 Å². The molecule has 0 unspecified atom stereocenters. The summed E-state index contributed by atoms with van der Waals surface area (Å²) < 4.78 is 2.04. The van der Waals surface area contributed by atoms with Gasteiger partial charge < -0.3 is 20.1 Å². The molecule has 2 N–H and O–H groups in total. The highest BCUT2D eigenvalue weighted by Gasteiger charge is 2.12. The first-order valence-electron chi connectivity index (χ1n) is 8.35. The third-order valence-corrected chi connectivity index (χ3v) is 3.66. The van der Waals surface area contributed by atoms with Gasteiger partial charge in [-0.3, -0.25) is 9.59 Å². The first-order valence-corrected chi connectivity index (χ1v) is 8.35. The van der Waals surface area contributed by atoms with E-state index >= 15 is 0 Å². The smallest absolute Gasteiger partial charge is 0.309 e. The fourth-order valence-corrected chi connectivity index (χ4v) is 2.34. The van der Waals surface area contributed by atoms with Crippen molar-refractivity contribution in [1.29, 1.82) is 0 Å². The summed E-state index contributed by atoms with van der Waals surface area (Å²) in [6, 6.07) is 9.94. The number of rotatable bonds is 8. The van der Waals surface area contributed by atoms with Crippen LogP contribution in [0.5, 0.6) is 0 Å². The maximum Gasteiger partial charge on any atom is 0.309 e. The number of amides is 2. The van der Waals surface area contributed by atoms with Gasteiger partial charge in [0.15, 0.2) is 0 Å². The molecule has 1 aromatic heterocycles. The van der Waals surface area contributed by atoms with Gasteiger partial charge >= 0.3 is 11.8 Å². The lowest BCUT2D eigenvalue weighted by atomic mass is 10.2. The molecule has 0 atom stereocenters. The van der Waals surface area contributed by atoms with E-state index in [1.54, 1.807) is 6.20 Å². The van der Waals surface area contributed by atoms with Gasteiger partial charge in [0, 0.05) is 44.1 Å². The van der Waals surface area contributed by atoms with Gasteiger partial charge in [0.25, 0.3) is 0 Å². The Balaban J connectivity index is 1.72. The molecule has 0 spiro atoms. The predicted molar refractivity (Wildman–Crippen MR) is 96.9 cm³/mol. The first-order chi connectivity index (χ1) is 12.1. The molecule has 7 nitrogen and oxygen atoms in total. The molecule has 0 aliphatic heterocycles. The van der Waals surface area contributed by atoms with E-state index < -0.39 is 11.8 Å². The van der Waals surface area contributed by atoms with Crippen LogP contribution in [0.3, 0.4) is 0 Å². The van der Waals surface area contributed by atoms with Crippen molar-refractivity contribution in [2.45, 2.75) is 13.0 Å². The number of carbonyl (C=O) groups is 2. The van der Waals surface area contributed by atoms with E-state index in [0.29, 0.717) is 32.6 Å². The van der Waals surface area contributed by atoms with Gasteiger partial charge in [0.1, 0.15) is 5.82 Å². The van der Waals surface area contributed by atoms with Gasteiger partial charge in [-0.1, -0.05) is 30.3 Å². The predicted octanol–water partition coefficient (Wildman–Crippen LogP) is 0.734. The zero-order valence-electron chi connectivity index (χ0n) is 14.7. The minimum atomic E-state index is -0.590. The molecule has 1 heterocycles. The van der Waals surface area contributed by atoms with Crippen LogP contribution in [0.2, 0.25) is 0 Å². The minimum absolute atomic E-state index is 0.437. The summed E-state index contributed by atoms with van der Waals surface area (Å²) in [6.07, 6.45) is 4.39. The standard InChI is InChI=1S/C18H25N5O2/c1-22(2)13-10-21-18(25)17(24)20-9-6-12-23-14-11-19-16(23)15-7-4-3-5-8-15/h3-5,7-8,11,14H,6,9-10,12-13H2,1-2H3,(H,20,24)(H,21,25). The van der Waals surface area contributed by atoms with Gasteiger partial charge in [-0.25, -0.2) is 4.98 Å². The summed E-state index contributed by atoms with van der Waals surface area (Å²) in [5.41, 5.74) is 1.05. The lowest BCUT2D eigenvalue weighted by molar-refractivity contribution is -0.139. The summed E-state index contributed by atoms with van der Waals surface area (Å²) >= 11 is 0. The lowest BCUT2D eigenvalue weighted by Gasteiger charge is -2.11. The van der Waals surface area contributed by atoms with Gasteiger partial charge in [-0.15, -0.1) is 0 Å². The second-order valence-corrected chi connectivity index (χ2v) is 5.98. The topological polar surface area (TPSA) is 79.3 Å². The van der Waals surface area contributed by atoms with Crippen molar-refractivity contribution in [2.75, 3.05) is 33.7 Å². The van der Waals surface area contributed by atoms with Crippen LogP contribution in [0.15, 0.2) is 42.7 Å². The molecule has 25 heavy (non-hydrogen) atoms. The summed E-state index contributed by atoms with van der Waals surface area (Å²) in [5.74, 6) is -0.282. The molecular weight excluding hydrogens is 318 g/mol. The van der Waals surface area contributed by atoms with E-state index in [0.717, 1.165) is 11.4 Å². The quantitative estimate of drug-likeness (QED) is 0.547. The van der Waals surface area contributed by atoms with Crippen LogP contribution in [-0.2, 0) is 16.1 Å². The molecule has 7 heteroatoms. The molecule has 2 aromatic rings. The third kappa shape index (κ3) is 6.04. The van der Waals surface area contributed by atoms with Gasteiger partial charge in [-0.05, 0) is 20.5 Å². The Labute approximate surface area is 148 Å². The Kier molecular flexibility index (Phi) is 7.16. The number of benzene rings is 1. The molecule has 2 rings (SSSR count). The van der Waals surface area contributed by atoms with Crippen LogP contribution in [-0.4, -0.2) is 60.0 Å². The molecular formula is C18H25N5O2. The van der Waals surface area contributed by atoms with Crippen LogP contribution in [0, 0.1) is 0 Å². The minimum Gasteiger partial charge on any atom is -0.348 e. The van der Waals surface area contributed by atoms with Crippen LogP contribution in [0.25, 0.3) is 11.4 Å². The third-order valence-electron chi connectivity index (χ3n) is 3.66. The molecule has 0 aliphatic carbocycles. The molecule has 0 saturated carbocycles. The van der Waals surface area contributed by atoms with Crippen LogP contribution < -0.4 is 10.6 Å². The fourth-order valence-electron chi connectivity index (χ4n) is 2.34. The normalized spacial score (nSPS) is 10.7. The first kappa shape index (κ1) is 18.7. The summed E-state index contributed by atoms with van der Waals surface area (Å²) in [6.45, 7) is 2.30. The average Bonchev–Trinajstić information content (AvgIpc) is 3.07. The molecule has 0 fully saturated rings. The summed E-state index contributed by atoms with van der Waals surface area (Å²) in [4.78, 5) is 29.7. The van der Waals surface area contributed by atoms with Gasteiger partial charge in [0.05, 0.1) is 0 Å². The lowest BCUT2D eigenvalue weighted by Crippen LogP contribution is -2.42. The molecule has 0 bridgehead atoms. The molecule has 2 amide bonds. The van der Waals surface area contributed by atoms with Gasteiger partial charge in [-0.2, -0.15) is 0 Å².